The quantitative estimate of drug-likeness (QED) is 0.593. The highest BCUT2D eigenvalue weighted by Gasteiger charge is 2.37. The Morgan fingerprint density at radius 3 is 2.15 bits per heavy atom. The molecule has 0 spiro atoms. The van der Waals surface area contributed by atoms with Crippen molar-refractivity contribution >= 4 is 23.4 Å². The fourth-order valence-electron chi connectivity index (χ4n) is 1.92. The van der Waals surface area contributed by atoms with Gasteiger partial charge in [-0.2, -0.15) is 13.2 Å². The predicted octanol–water partition coefficient (Wildman–Crippen LogP) is 4.28. The zero-order valence-electron chi connectivity index (χ0n) is 12.6. The number of benzene rings is 1. The molecule has 1 atom stereocenters. The Balaban J connectivity index is 2.75. The van der Waals surface area contributed by atoms with Crippen LogP contribution in [0.25, 0.3) is 11.1 Å². The molecule has 2 N–H and O–H groups in total. The third kappa shape index (κ3) is 3.98. The molecule has 5 nitrogen and oxygen atoms in total. The van der Waals surface area contributed by atoms with Gasteiger partial charge in [0.25, 0.3) is 0 Å². The van der Waals surface area contributed by atoms with Crippen LogP contribution in [0.2, 0.25) is 5.15 Å². The van der Waals surface area contributed by atoms with Crippen molar-refractivity contribution in [3.63, 3.8) is 0 Å². The lowest BCUT2D eigenvalue weighted by Crippen LogP contribution is -2.34. The standard InChI is InChI=1S/C14H8ClF6N3O2/c1-4(14(19,20)21)22-11-9(10(15)23-12(24-11)13(25)26)8-6(17)2-5(16)3-7(8)18/h2-4H,1H3,(H,25,26)(H,22,23,24)/t4-/m0/s1. The molecule has 0 aliphatic heterocycles. The summed E-state index contributed by atoms with van der Waals surface area (Å²) in [7, 11) is 0. The zero-order valence-corrected chi connectivity index (χ0v) is 13.4. The first-order valence-electron chi connectivity index (χ1n) is 6.70. The van der Waals surface area contributed by atoms with Crippen LogP contribution >= 0.6 is 11.6 Å². The number of hydrogen-bond donors (Lipinski definition) is 2. The third-order valence-corrected chi connectivity index (χ3v) is 3.43. The van der Waals surface area contributed by atoms with Crippen LogP contribution in [0.3, 0.4) is 0 Å². The van der Waals surface area contributed by atoms with Crippen molar-refractivity contribution in [1.29, 1.82) is 0 Å². The molecule has 1 aromatic carbocycles. The van der Waals surface area contributed by atoms with E-state index in [1.807, 2.05) is 0 Å². The molecule has 0 aliphatic rings. The molecule has 2 rings (SSSR count). The molecule has 0 amide bonds. The average Bonchev–Trinajstić information content (AvgIpc) is 2.47. The third-order valence-electron chi connectivity index (χ3n) is 3.16. The number of nitrogens with one attached hydrogen (secondary N) is 1. The summed E-state index contributed by atoms with van der Waals surface area (Å²) in [5, 5.41) is 9.87. The second-order valence-electron chi connectivity index (χ2n) is 5.02. The first-order chi connectivity index (χ1) is 11.9. The van der Waals surface area contributed by atoms with Crippen LogP contribution < -0.4 is 5.32 Å². The maximum atomic E-state index is 14.0. The zero-order chi connectivity index (χ0) is 19.8. The van der Waals surface area contributed by atoms with Gasteiger partial charge in [0.1, 0.15) is 34.5 Å². The van der Waals surface area contributed by atoms with Gasteiger partial charge < -0.3 is 10.4 Å². The van der Waals surface area contributed by atoms with E-state index in [9.17, 15) is 31.1 Å². The van der Waals surface area contributed by atoms with Gasteiger partial charge in [-0.05, 0) is 6.92 Å². The molecule has 2 aromatic rings. The van der Waals surface area contributed by atoms with E-state index in [0.29, 0.717) is 6.92 Å². The molecular formula is C14H8ClF6N3O2. The summed E-state index contributed by atoms with van der Waals surface area (Å²) in [5.41, 5.74) is -1.78. The van der Waals surface area contributed by atoms with Crippen LogP contribution in [0, 0.1) is 17.5 Å². The largest absolute Gasteiger partial charge is 0.475 e. The predicted molar refractivity (Wildman–Crippen MR) is 78.5 cm³/mol. The van der Waals surface area contributed by atoms with Gasteiger partial charge in [0.05, 0.1) is 11.1 Å². The fraction of sp³-hybridized carbons (Fsp3) is 0.214. The van der Waals surface area contributed by atoms with E-state index in [0.717, 1.165) is 0 Å². The number of carboxylic acid groups (broad SMARTS) is 1. The number of hydrogen-bond acceptors (Lipinski definition) is 4. The van der Waals surface area contributed by atoms with Gasteiger partial charge in [-0.25, -0.2) is 27.9 Å². The van der Waals surface area contributed by atoms with Gasteiger partial charge in [-0.15, -0.1) is 0 Å². The van der Waals surface area contributed by atoms with Crippen molar-refractivity contribution in [2.45, 2.75) is 19.1 Å². The number of halogens is 7. The minimum absolute atomic E-state index is 0.275. The highest BCUT2D eigenvalue weighted by molar-refractivity contribution is 6.33. The second-order valence-corrected chi connectivity index (χ2v) is 5.38. The van der Waals surface area contributed by atoms with E-state index in [4.69, 9.17) is 16.7 Å². The summed E-state index contributed by atoms with van der Waals surface area (Å²) >= 11 is 5.73. The molecule has 0 radical (unpaired) electrons. The first-order valence-corrected chi connectivity index (χ1v) is 7.08. The highest BCUT2D eigenvalue weighted by Crippen LogP contribution is 2.37. The molecule has 0 saturated heterocycles. The van der Waals surface area contributed by atoms with Gasteiger partial charge in [-0.3, -0.25) is 0 Å². The molecule has 0 fully saturated rings. The number of rotatable bonds is 4. The molecule has 0 unspecified atom stereocenters. The summed E-state index contributed by atoms with van der Waals surface area (Å²) in [6, 6.07) is -1.73. The van der Waals surface area contributed by atoms with Gasteiger partial charge in [0.15, 0.2) is 0 Å². The van der Waals surface area contributed by atoms with E-state index >= 15 is 0 Å². The Morgan fingerprint density at radius 1 is 1.15 bits per heavy atom. The van der Waals surface area contributed by atoms with Crippen molar-refractivity contribution in [3.8, 4) is 11.1 Å². The molecule has 0 saturated carbocycles. The van der Waals surface area contributed by atoms with Crippen LogP contribution in [-0.4, -0.2) is 33.3 Å². The topological polar surface area (TPSA) is 75.1 Å². The molecule has 0 aliphatic carbocycles. The molecule has 12 heteroatoms. The van der Waals surface area contributed by atoms with Crippen molar-refractivity contribution in [2.24, 2.45) is 0 Å². The van der Waals surface area contributed by atoms with Gasteiger partial charge in [0.2, 0.25) is 5.82 Å². The number of aromatic nitrogens is 2. The Kier molecular flexibility index (Phi) is 5.31. The monoisotopic (exact) mass is 399 g/mol. The molecule has 140 valence electrons. The van der Waals surface area contributed by atoms with E-state index in [1.165, 1.54) is 0 Å². The lowest BCUT2D eigenvalue weighted by molar-refractivity contribution is -0.138. The Hall–Kier alpha value is -2.56. The number of carbonyl (C=O) groups is 1. The number of nitrogens with zero attached hydrogens (tertiary/aromatic N) is 2. The van der Waals surface area contributed by atoms with Gasteiger partial charge in [0, 0.05) is 12.1 Å². The minimum atomic E-state index is -4.79. The van der Waals surface area contributed by atoms with Crippen LogP contribution in [-0.2, 0) is 0 Å². The average molecular weight is 400 g/mol. The van der Waals surface area contributed by atoms with E-state index in [1.54, 1.807) is 5.32 Å². The Bertz CT molecular complexity index is 851. The number of anilines is 1. The lowest BCUT2D eigenvalue weighted by Gasteiger charge is -2.20. The number of carboxylic acids is 1. The second kappa shape index (κ2) is 6.98. The molecule has 0 bridgehead atoms. The van der Waals surface area contributed by atoms with Crippen molar-refractivity contribution in [3.05, 3.63) is 40.6 Å². The maximum absolute atomic E-state index is 14.0. The van der Waals surface area contributed by atoms with Gasteiger partial charge in [-0.1, -0.05) is 11.6 Å². The van der Waals surface area contributed by atoms with E-state index in [2.05, 4.69) is 9.97 Å². The van der Waals surface area contributed by atoms with E-state index in [-0.39, 0.29) is 12.1 Å². The summed E-state index contributed by atoms with van der Waals surface area (Å²) < 4.78 is 79.5. The Labute approximate surface area is 146 Å². The fourth-order valence-corrected chi connectivity index (χ4v) is 2.19. The van der Waals surface area contributed by atoms with Crippen LogP contribution in [0.4, 0.5) is 32.2 Å². The molecule has 1 heterocycles. The minimum Gasteiger partial charge on any atom is -0.475 e. The normalized spacial score (nSPS) is 12.8. The maximum Gasteiger partial charge on any atom is 0.408 e. The van der Waals surface area contributed by atoms with Crippen molar-refractivity contribution in [2.75, 3.05) is 5.32 Å². The molecule has 26 heavy (non-hydrogen) atoms. The van der Waals surface area contributed by atoms with Crippen molar-refractivity contribution < 1.29 is 36.2 Å². The smallest absolute Gasteiger partial charge is 0.408 e. The SMILES string of the molecule is C[C@H](Nc1nc(C(=O)O)nc(Cl)c1-c1c(F)cc(F)cc1F)C(F)(F)F. The highest BCUT2D eigenvalue weighted by atomic mass is 35.5. The van der Waals surface area contributed by atoms with Crippen LogP contribution in [0.1, 0.15) is 17.5 Å². The van der Waals surface area contributed by atoms with Gasteiger partial charge >= 0.3 is 12.1 Å². The van der Waals surface area contributed by atoms with Crippen molar-refractivity contribution in [1.82, 2.24) is 9.97 Å². The number of alkyl halides is 3. The summed E-state index contributed by atoms with van der Waals surface area (Å²) in [5.74, 6) is -7.87. The molecule has 1 aromatic heterocycles. The molecular weight excluding hydrogens is 392 g/mol. The summed E-state index contributed by atoms with van der Waals surface area (Å²) in [6.07, 6.45) is -4.79. The summed E-state index contributed by atoms with van der Waals surface area (Å²) in [6.45, 7) is 0.664. The number of aromatic carboxylic acids is 1. The van der Waals surface area contributed by atoms with Crippen LogP contribution in [0.5, 0.6) is 0 Å². The first kappa shape index (κ1) is 19.8. The Morgan fingerprint density at radius 2 is 1.69 bits per heavy atom. The van der Waals surface area contributed by atoms with Crippen LogP contribution in [0.15, 0.2) is 12.1 Å². The lowest BCUT2D eigenvalue weighted by atomic mass is 10.1. The summed E-state index contributed by atoms with van der Waals surface area (Å²) in [4.78, 5) is 17.6. The van der Waals surface area contributed by atoms with E-state index < -0.39 is 63.6 Å².